The molecule has 0 saturated carbocycles. The van der Waals surface area contributed by atoms with E-state index < -0.39 is 55.4 Å². The second-order valence-electron chi connectivity index (χ2n) is 6.57. The highest BCUT2D eigenvalue weighted by Crippen LogP contribution is 2.36. The number of nitrogens with one attached hydrogen (secondary N) is 1. The zero-order valence-corrected chi connectivity index (χ0v) is 17.1. The van der Waals surface area contributed by atoms with Crippen molar-refractivity contribution in [3.8, 4) is 11.1 Å². The highest BCUT2D eigenvalue weighted by molar-refractivity contribution is 7.86. The molecule has 0 unspecified atom stereocenters. The number of carbonyl (C=O) groups excluding carboxylic acids is 1. The number of rotatable bonds is 5. The van der Waals surface area contributed by atoms with Crippen molar-refractivity contribution in [1.82, 2.24) is 5.43 Å². The molecule has 0 aliphatic heterocycles. The molecule has 3 aromatic rings. The van der Waals surface area contributed by atoms with Crippen LogP contribution in [0.4, 0.5) is 22.0 Å². The van der Waals surface area contributed by atoms with Crippen LogP contribution in [-0.2, 0) is 16.3 Å². The van der Waals surface area contributed by atoms with E-state index in [1.807, 2.05) is 5.43 Å². The van der Waals surface area contributed by atoms with Crippen molar-refractivity contribution < 1.29 is 39.7 Å². The molecular formula is C21H13F5N2O4S. The first-order chi connectivity index (χ1) is 15.4. The zero-order valence-electron chi connectivity index (χ0n) is 16.3. The van der Waals surface area contributed by atoms with E-state index in [9.17, 15) is 39.7 Å². The van der Waals surface area contributed by atoms with Crippen molar-refractivity contribution in [1.29, 1.82) is 0 Å². The minimum absolute atomic E-state index is 0.0380. The van der Waals surface area contributed by atoms with Crippen molar-refractivity contribution in [3.63, 3.8) is 0 Å². The summed E-state index contributed by atoms with van der Waals surface area (Å²) in [7, 11) is -4.91. The van der Waals surface area contributed by atoms with Gasteiger partial charge < -0.3 is 0 Å². The Kier molecular flexibility index (Phi) is 6.60. The van der Waals surface area contributed by atoms with E-state index in [1.165, 1.54) is 24.3 Å². The van der Waals surface area contributed by atoms with Crippen molar-refractivity contribution in [2.24, 2.45) is 5.10 Å². The molecule has 0 heterocycles. The van der Waals surface area contributed by atoms with Gasteiger partial charge >= 0.3 is 6.18 Å². The number of carbonyl (C=O) groups is 1. The lowest BCUT2D eigenvalue weighted by Gasteiger charge is -2.14. The highest BCUT2D eigenvalue weighted by Gasteiger charge is 2.32. The molecule has 0 bridgehead atoms. The Hall–Kier alpha value is -3.64. The fourth-order valence-electron chi connectivity index (χ4n) is 2.93. The minimum atomic E-state index is -4.91. The molecule has 0 radical (unpaired) electrons. The van der Waals surface area contributed by atoms with Crippen LogP contribution in [-0.4, -0.2) is 25.1 Å². The zero-order chi connectivity index (χ0) is 24.4. The summed E-state index contributed by atoms with van der Waals surface area (Å²) in [4.78, 5) is 11.2. The maximum absolute atomic E-state index is 13.7. The van der Waals surface area contributed by atoms with Gasteiger partial charge in [-0.05, 0) is 35.9 Å². The number of amides is 1. The Morgan fingerprint density at radius 3 is 2.18 bits per heavy atom. The molecule has 172 valence electrons. The van der Waals surface area contributed by atoms with Crippen LogP contribution < -0.4 is 5.43 Å². The van der Waals surface area contributed by atoms with Crippen molar-refractivity contribution in [2.45, 2.75) is 11.1 Å². The molecule has 0 aromatic heterocycles. The Balaban J connectivity index is 2.03. The number of hydrazone groups is 1. The monoisotopic (exact) mass is 484 g/mol. The van der Waals surface area contributed by atoms with Gasteiger partial charge in [0.05, 0.1) is 11.8 Å². The summed E-state index contributed by atoms with van der Waals surface area (Å²) in [5.41, 5.74) is -0.680. The molecule has 12 heteroatoms. The number of alkyl halides is 3. The summed E-state index contributed by atoms with van der Waals surface area (Å²) < 4.78 is 99.9. The van der Waals surface area contributed by atoms with Gasteiger partial charge in [-0.1, -0.05) is 30.3 Å². The molecule has 0 fully saturated rings. The molecule has 3 rings (SSSR count). The van der Waals surface area contributed by atoms with Crippen LogP contribution in [0.2, 0.25) is 0 Å². The van der Waals surface area contributed by atoms with Crippen LogP contribution in [0.5, 0.6) is 0 Å². The van der Waals surface area contributed by atoms with Crippen LogP contribution >= 0.6 is 0 Å². The lowest BCUT2D eigenvalue weighted by Crippen LogP contribution is -2.20. The van der Waals surface area contributed by atoms with E-state index in [1.54, 1.807) is 0 Å². The third kappa shape index (κ3) is 5.41. The fourth-order valence-corrected chi connectivity index (χ4v) is 3.61. The van der Waals surface area contributed by atoms with E-state index in [0.29, 0.717) is 18.2 Å². The molecule has 6 nitrogen and oxygen atoms in total. The van der Waals surface area contributed by atoms with Gasteiger partial charge in [0.1, 0.15) is 22.1 Å². The molecule has 0 atom stereocenters. The number of benzene rings is 3. The Morgan fingerprint density at radius 1 is 0.939 bits per heavy atom. The third-order valence-corrected chi connectivity index (χ3v) is 5.31. The summed E-state index contributed by atoms with van der Waals surface area (Å²) in [6.45, 7) is 0. The first-order valence-electron chi connectivity index (χ1n) is 8.95. The van der Waals surface area contributed by atoms with Crippen LogP contribution in [0.3, 0.4) is 0 Å². The average molecular weight is 484 g/mol. The quantitative estimate of drug-likeness (QED) is 0.238. The van der Waals surface area contributed by atoms with Crippen LogP contribution in [0.25, 0.3) is 11.1 Å². The van der Waals surface area contributed by atoms with E-state index in [0.717, 1.165) is 24.4 Å². The summed E-state index contributed by atoms with van der Waals surface area (Å²) in [6.07, 6.45) is -3.85. The SMILES string of the molecule is O=C(N/N=C/c1ccccc1-c1cc(C(F)(F)F)ccc1S(=O)(=O)O)c1c(F)cccc1F. The summed E-state index contributed by atoms with van der Waals surface area (Å²) >= 11 is 0. The van der Waals surface area contributed by atoms with Gasteiger partial charge in [0.15, 0.2) is 0 Å². The Labute approximate surface area is 184 Å². The van der Waals surface area contributed by atoms with Crippen molar-refractivity contribution >= 4 is 22.2 Å². The molecule has 0 spiro atoms. The van der Waals surface area contributed by atoms with E-state index in [-0.39, 0.29) is 11.1 Å². The standard InChI is InChI=1S/C21H13F5N2O4S/c22-16-6-3-7-17(23)19(16)20(29)28-27-11-12-4-1-2-5-14(12)15-10-13(21(24,25)26)8-9-18(15)33(30,31)32/h1-11H,(H,28,29)(H,30,31,32)/b27-11+. The predicted molar refractivity (Wildman–Crippen MR) is 108 cm³/mol. The maximum atomic E-state index is 13.7. The Morgan fingerprint density at radius 2 is 1.58 bits per heavy atom. The smallest absolute Gasteiger partial charge is 0.282 e. The molecule has 1 amide bonds. The lowest BCUT2D eigenvalue weighted by atomic mass is 9.98. The summed E-state index contributed by atoms with van der Waals surface area (Å²) in [5, 5.41) is 3.56. The fraction of sp³-hybridized carbons (Fsp3) is 0.0476. The average Bonchev–Trinajstić information content (AvgIpc) is 2.72. The van der Waals surface area contributed by atoms with Crippen LogP contribution in [0, 0.1) is 11.6 Å². The van der Waals surface area contributed by atoms with E-state index in [4.69, 9.17) is 0 Å². The minimum Gasteiger partial charge on any atom is -0.282 e. The highest BCUT2D eigenvalue weighted by atomic mass is 32.2. The van der Waals surface area contributed by atoms with Gasteiger partial charge in [0.2, 0.25) is 0 Å². The second-order valence-corrected chi connectivity index (χ2v) is 7.96. The van der Waals surface area contributed by atoms with Gasteiger partial charge in [-0.25, -0.2) is 14.2 Å². The van der Waals surface area contributed by atoms with Gasteiger partial charge in [0, 0.05) is 11.1 Å². The maximum Gasteiger partial charge on any atom is 0.416 e. The Bertz CT molecular complexity index is 1330. The number of hydrogen-bond acceptors (Lipinski definition) is 4. The lowest BCUT2D eigenvalue weighted by molar-refractivity contribution is -0.137. The first kappa shape index (κ1) is 24.0. The van der Waals surface area contributed by atoms with E-state index >= 15 is 0 Å². The third-order valence-electron chi connectivity index (χ3n) is 4.40. The topological polar surface area (TPSA) is 95.8 Å². The molecule has 0 aliphatic rings. The van der Waals surface area contributed by atoms with Crippen LogP contribution in [0.1, 0.15) is 21.5 Å². The number of hydrogen-bond donors (Lipinski definition) is 2. The normalized spacial score (nSPS) is 12.2. The number of nitrogens with zero attached hydrogens (tertiary/aromatic N) is 1. The van der Waals surface area contributed by atoms with Gasteiger partial charge in [-0.3, -0.25) is 9.35 Å². The second kappa shape index (κ2) is 9.08. The molecule has 2 N–H and O–H groups in total. The molecule has 3 aromatic carbocycles. The first-order valence-corrected chi connectivity index (χ1v) is 10.4. The van der Waals surface area contributed by atoms with Gasteiger partial charge in [-0.2, -0.15) is 26.7 Å². The molecule has 0 saturated heterocycles. The predicted octanol–water partition coefficient (Wildman–Crippen LogP) is 4.66. The van der Waals surface area contributed by atoms with E-state index in [2.05, 4.69) is 5.10 Å². The van der Waals surface area contributed by atoms with Gasteiger partial charge in [-0.15, -0.1) is 0 Å². The van der Waals surface area contributed by atoms with Crippen LogP contribution in [0.15, 0.2) is 70.7 Å². The summed E-state index contributed by atoms with van der Waals surface area (Å²) in [6, 6.07) is 9.90. The molecule has 0 aliphatic carbocycles. The van der Waals surface area contributed by atoms with Crippen molar-refractivity contribution in [2.75, 3.05) is 0 Å². The molecule has 33 heavy (non-hydrogen) atoms. The number of halogens is 5. The van der Waals surface area contributed by atoms with Gasteiger partial charge in [0.25, 0.3) is 16.0 Å². The molecular weight excluding hydrogens is 471 g/mol. The summed E-state index contributed by atoms with van der Waals surface area (Å²) in [5.74, 6) is -3.49. The largest absolute Gasteiger partial charge is 0.416 e. The van der Waals surface area contributed by atoms with Crippen molar-refractivity contribution in [3.05, 3.63) is 89.0 Å².